The van der Waals surface area contributed by atoms with Crippen LogP contribution in [0.1, 0.15) is 20.8 Å². The Hall–Kier alpha value is -0.190. The van der Waals surface area contributed by atoms with Gasteiger partial charge < -0.3 is 18.5 Å². The zero-order valence-electron chi connectivity index (χ0n) is 10.7. The van der Waals surface area contributed by atoms with E-state index in [1.165, 1.54) is 0 Å². The normalized spacial score (nSPS) is 18.9. The molecule has 0 N–H and O–H groups in total. The van der Waals surface area contributed by atoms with Crippen LogP contribution >= 0.6 is 7.60 Å². The second kappa shape index (κ2) is 7.29. The molecule has 0 atom stereocenters. The van der Waals surface area contributed by atoms with Crippen molar-refractivity contribution in [3.05, 3.63) is 11.6 Å². The Bertz CT molecular complexity index is 286. The molecule has 1 heterocycles. The van der Waals surface area contributed by atoms with E-state index in [2.05, 4.69) is 0 Å². The molecule has 100 valence electrons. The van der Waals surface area contributed by atoms with Gasteiger partial charge in [-0.05, 0) is 26.8 Å². The van der Waals surface area contributed by atoms with Gasteiger partial charge in [0.05, 0.1) is 32.6 Å². The van der Waals surface area contributed by atoms with Crippen LogP contribution in [0.15, 0.2) is 11.6 Å². The van der Waals surface area contributed by atoms with Gasteiger partial charge in [0.2, 0.25) is 0 Å². The Kier molecular flexibility index (Phi) is 6.38. The van der Waals surface area contributed by atoms with Crippen LogP contribution in [0.5, 0.6) is 0 Å². The molecule has 5 nitrogen and oxygen atoms in total. The van der Waals surface area contributed by atoms with Crippen molar-refractivity contribution in [2.45, 2.75) is 27.1 Å². The highest BCUT2D eigenvalue weighted by Crippen LogP contribution is 2.49. The van der Waals surface area contributed by atoms with Gasteiger partial charge in [-0.25, -0.2) is 0 Å². The zero-order chi connectivity index (χ0) is 12.7. The second-order valence-corrected chi connectivity index (χ2v) is 5.78. The molecule has 0 bridgehead atoms. The third-order valence-electron chi connectivity index (χ3n) is 2.16. The van der Waals surface area contributed by atoms with E-state index in [1.807, 2.05) is 13.0 Å². The summed E-state index contributed by atoms with van der Waals surface area (Å²) in [5.74, 6) is 0. The van der Waals surface area contributed by atoms with E-state index in [0.717, 1.165) is 5.57 Å². The lowest BCUT2D eigenvalue weighted by atomic mass is 10.3. The molecule has 17 heavy (non-hydrogen) atoms. The fourth-order valence-electron chi connectivity index (χ4n) is 1.59. The SMILES string of the molecule is CCOP(=O)(C/C(C)=C/C1OCCO1)OCC. The Morgan fingerprint density at radius 1 is 1.29 bits per heavy atom. The second-order valence-electron chi connectivity index (χ2n) is 3.73. The molecule has 0 aromatic carbocycles. The molecule has 0 radical (unpaired) electrons. The average Bonchev–Trinajstić information content (AvgIpc) is 2.70. The maximum absolute atomic E-state index is 12.2. The molecule has 1 rings (SSSR count). The molecule has 0 aromatic heterocycles. The smallest absolute Gasteiger partial charge is 0.334 e. The van der Waals surface area contributed by atoms with Crippen LogP contribution in [0.4, 0.5) is 0 Å². The van der Waals surface area contributed by atoms with Gasteiger partial charge in [-0.2, -0.15) is 0 Å². The fraction of sp³-hybridized carbons (Fsp3) is 0.818. The van der Waals surface area contributed by atoms with E-state index < -0.39 is 7.60 Å². The summed E-state index contributed by atoms with van der Waals surface area (Å²) in [4.78, 5) is 0. The molecule has 1 fully saturated rings. The van der Waals surface area contributed by atoms with E-state index in [-0.39, 0.29) is 12.5 Å². The molecule has 6 heteroatoms. The number of hydrogen-bond acceptors (Lipinski definition) is 5. The van der Waals surface area contributed by atoms with Crippen LogP contribution in [0, 0.1) is 0 Å². The number of ether oxygens (including phenoxy) is 2. The van der Waals surface area contributed by atoms with Crippen LogP contribution in [0.3, 0.4) is 0 Å². The highest BCUT2D eigenvalue weighted by molar-refractivity contribution is 7.54. The van der Waals surface area contributed by atoms with Crippen molar-refractivity contribution in [3.63, 3.8) is 0 Å². The van der Waals surface area contributed by atoms with E-state index in [1.54, 1.807) is 13.8 Å². The average molecular weight is 264 g/mol. The van der Waals surface area contributed by atoms with E-state index in [0.29, 0.717) is 26.4 Å². The Morgan fingerprint density at radius 3 is 2.29 bits per heavy atom. The van der Waals surface area contributed by atoms with Gasteiger partial charge >= 0.3 is 7.60 Å². The van der Waals surface area contributed by atoms with Gasteiger partial charge in [-0.3, -0.25) is 4.57 Å². The maximum atomic E-state index is 12.2. The minimum Gasteiger partial charge on any atom is -0.347 e. The quantitative estimate of drug-likeness (QED) is 0.522. The van der Waals surface area contributed by atoms with Crippen LogP contribution in [0.2, 0.25) is 0 Å². The first-order valence-electron chi connectivity index (χ1n) is 5.88. The third-order valence-corrected chi connectivity index (χ3v) is 4.35. The van der Waals surface area contributed by atoms with Gasteiger partial charge in [-0.15, -0.1) is 0 Å². The zero-order valence-corrected chi connectivity index (χ0v) is 11.6. The van der Waals surface area contributed by atoms with Crippen molar-refractivity contribution >= 4 is 7.60 Å². The Morgan fingerprint density at radius 2 is 1.82 bits per heavy atom. The molecule has 0 aromatic rings. The molecule has 0 spiro atoms. The Labute approximate surface area is 103 Å². The predicted molar refractivity (Wildman–Crippen MR) is 65.2 cm³/mol. The van der Waals surface area contributed by atoms with Gasteiger partial charge in [0, 0.05) is 0 Å². The van der Waals surface area contributed by atoms with E-state index in [4.69, 9.17) is 18.5 Å². The first-order chi connectivity index (χ1) is 8.09. The van der Waals surface area contributed by atoms with Gasteiger partial charge in [0.15, 0.2) is 6.29 Å². The van der Waals surface area contributed by atoms with Crippen LogP contribution in [0.25, 0.3) is 0 Å². The van der Waals surface area contributed by atoms with Gasteiger partial charge in [0.1, 0.15) is 0 Å². The molecule has 1 saturated heterocycles. The molecular formula is C11H21O5P. The molecule has 0 unspecified atom stereocenters. The van der Waals surface area contributed by atoms with Crippen molar-refractivity contribution in [1.29, 1.82) is 0 Å². The molecule has 1 aliphatic rings. The summed E-state index contributed by atoms with van der Waals surface area (Å²) in [6.07, 6.45) is 1.77. The minimum absolute atomic E-state index is 0.276. The standard InChI is InChI=1S/C11H21O5P/c1-4-15-17(12,16-5-2)9-10(3)8-11-13-6-7-14-11/h8,11H,4-7,9H2,1-3H3/b10-8+. The lowest BCUT2D eigenvalue weighted by Crippen LogP contribution is -2.06. The van der Waals surface area contributed by atoms with Crippen molar-refractivity contribution in [2.75, 3.05) is 32.6 Å². The summed E-state index contributed by atoms with van der Waals surface area (Å²) >= 11 is 0. The number of allylic oxidation sites excluding steroid dienone is 1. The Balaban J connectivity index is 2.56. The summed E-state index contributed by atoms with van der Waals surface area (Å²) in [5, 5.41) is 0. The van der Waals surface area contributed by atoms with Crippen molar-refractivity contribution < 1.29 is 23.1 Å². The van der Waals surface area contributed by atoms with Crippen molar-refractivity contribution in [1.82, 2.24) is 0 Å². The largest absolute Gasteiger partial charge is 0.347 e. The topological polar surface area (TPSA) is 54.0 Å². The predicted octanol–water partition coefficient (Wildman–Crippen LogP) is 2.57. The monoisotopic (exact) mass is 264 g/mol. The third kappa shape index (κ3) is 5.32. The lowest BCUT2D eigenvalue weighted by Gasteiger charge is -2.17. The molecule has 1 aliphatic heterocycles. The summed E-state index contributed by atoms with van der Waals surface area (Å²) in [5.41, 5.74) is 0.891. The maximum Gasteiger partial charge on any atom is 0.334 e. The lowest BCUT2D eigenvalue weighted by molar-refractivity contribution is -0.00210. The first-order valence-corrected chi connectivity index (χ1v) is 7.61. The summed E-state index contributed by atoms with van der Waals surface area (Å²) in [6.45, 7) is 7.42. The highest BCUT2D eigenvalue weighted by atomic mass is 31.2. The molecule has 0 saturated carbocycles. The summed E-state index contributed by atoms with van der Waals surface area (Å²) in [7, 11) is -3.01. The van der Waals surface area contributed by atoms with Crippen LogP contribution < -0.4 is 0 Å². The minimum atomic E-state index is -3.01. The van der Waals surface area contributed by atoms with Gasteiger partial charge in [0.25, 0.3) is 0 Å². The molecule has 0 aliphatic carbocycles. The van der Waals surface area contributed by atoms with Crippen molar-refractivity contribution in [2.24, 2.45) is 0 Å². The number of hydrogen-bond donors (Lipinski definition) is 0. The summed E-state index contributed by atoms with van der Waals surface area (Å²) < 4.78 is 33.2. The summed E-state index contributed by atoms with van der Waals surface area (Å²) in [6, 6.07) is 0. The van der Waals surface area contributed by atoms with E-state index >= 15 is 0 Å². The molecular weight excluding hydrogens is 243 g/mol. The highest BCUT2D eigenvalue weighted by Gasteiger charge is 2.24. The number of rotatable bonds is 7. The van der Waals surface area contributed by atoms with Crippen molar-refractivity contribution in [3.8, 4) is 0 Å². The van der Waals surface area contributed by atoms with E-state index in [9.17, 15) is 4.57 Å². The molecule has 0 amide bonds. The van der Waals surface area contributed by atoms with Gasteiger partial charge in [-0.1, -0.05) is 5.57 Å². The fourth-order valence-corrected chi connectivity index (χ4v) is 3.35. The van der Waals surface area contributed by atoms with Crippen LogP contribution in [-0.4, -0.2) is 38.9 Å². The van der Waals surface area contributed by atoms with Crippen LogP contribution in [-0.2, 0) is 23.1 Å². The first kappa shape index (κ1) is 14.9.